The Balaban J connectivity index is 0.000000475. The van der Waals surface area contributed by atoms with Crippen LogP contribution >= 0.6 is 11.6 Å². The molecule has 5 aromatic rings. The quantitative estimate of drug-likeness (QED) is 0.0120. The fourth-order valence-electron chi connectivity index (χ4n) is 10.9. The number of ether oxygens (including phenoxy) is 6. The Hall–Kier alpha value is -9.46. The van der Waals surface area contributed by atoms with Gasteiger partial charge in [-0.3, -0.25) is 43.3 Å². The van der Waals surface area contributed by atoms with Gasteiger partial charge in [-0.15, -0.1) is 11.6 Å². The highest BCUT2D eigenvalue weighted by Gasteiger charge is 2.40. The van der Waals surface area contributed by atoms with Crippen molar-refractivity contribution >= 4 is 116 Å². The summed E-state index contributed by atoms with van der Waals surface area (Å²) in [5.74, 6) is -4.70. The third-order valence-corrected chi connectivity index (χ3v) is 16.4. The minimum atomic E-state index is -1.07. The van der Waals surface area contributed by atoms with Crippen LogP contribution in [-0.4, -0.2) is 223 Å². The summed E-state index contributed by atoms with van der Waals surface area (Å²) in [5.41, 5.74) is 8.61. The van der Waals surface area contributed by atoms with Gasteiger partial charge < -0.3 is 90.2 Å². The number of primary amides is 1. The van der Waals surface area contributed by atoms with Crippen LogP contribution < -0.4 is 47.3 Å². The van der Waals surface area contributed by atoms with Crippen molar-refractivity contribution in [3.8, 4) is 5.75 Å². The monoisotopic (exact) mass is 1380 g/mol. The van der Waals surface area contributed by atoms with Crippen molar-refractivity contribution < 1.29 is 85.6 Å². The first-order valence-corrected chi connectivity index (χ1v) is 32.8. The molecule has 530 valence electrons. The highest BCUT2D eigenvalue weighted by Crippen LogP contribution is 2.48. The molecule has 30 nitrogen and oxygen atoms in total. The van der Waals surface area contributed by atoms with Gasteiger partial charge in [0.25, 0.3) is 23.6 Å². The highest BCUT2D eigenvalue weighted by atomic mass is 35.5. The Morgan fingerprint density at radius 3 is 2.08 bits per heavy atom. The molecule has 0 spiro atoms. The van der Waals surface area contributed by atoms with E-state index >= 15 is 0 Å². The lowest BCUT2D eigenvalue weighted by atomic mass is 9.95. The second-order valence-electron chi connectivity index (χ2n) is 23.6. The predicted octanol–water partition coefficient (Wildman–Crippen LogP) is 4.92. The normalized spacial score (nSPS) is 14.9. The summed E-state index contributed by atoms with van der Waals surface area (Å²) in [6.07, 6.45) is 3.35. The number of carbonyl (C=O) groups is 11. The third-order valence-electron chi connectivity index (χ3n) is 16.1. The van der Waals surface area contributed by atoms with Crippen LogP contribution in [0.15, 0.2) is 71.2 Å². The number of aryl methyl sites for hydroxylation is 1. The van der Waals surface area contributed by atoms with Gasteiger partial charge in [0.1, 0.15) is 17.7 Å². The number of nitrogens with two attached hydrogens (primary N) is 1. The summed E-state index contributed by atoms with van der Waals surface area (Å²) < 4.78 is 38.1. The largest absolute Gasteiger partial charge is 0.465 e. The first kappa shape index (κ1) is 75.9. The minimum absolute atomic E-state index is 0.0228. The van der Waals surface area contributed by atoms with Gasteiger partial charge in [0.05, 0.1) is 63.5 Å². The van der Waals surface area contributed by atoms with Crippen molar-refractivity contribution in [2.24, 2.45) is 11.7 Å². The zero-order chi connectivity index (χ0) is 71.0. The number of imide groups is 1. The van der Waals surface area contributed by atoms with Gasteiger partial charge in [0.2, 0.25) is 23.6 Å². The number of aromatic nitrogens is 1. The number of carbonyl (C=O) groups excluding carboxylic acids is 11. The number of furan rings is 1. The second-order valence-corrected chi connectivity index (χ2v) is 23.9. The maximum absolute atomic E-state index is 14.5. The van der Waals surface area contributed by atoms with Crippen molar-refractivity contribution in [2.75, 3.05) is 141 Å². The zero-order valence-corrected chi connectivity index (χ0v) is 56.9. The van der Waals surface area contributed by atoms with Gasteiger partial charge >= 0.3 is 18.1 Å². The van der Waals surface area contributed by atoms with Crippen LogP contribution in [0.4, 0.5) is 26.7 Å². The SMILES string of the molecule is CCCOCCOCCOCCNC(=O)CCN1C(=O)C=CC1=O.COCCC(=O)N[C@H](C(=O)N[C@@H](CCCNC(N)=O)C(=O)Nc1ccc(C(=O)Nc2ccc3oc(C(=O)N4C[C@@H](CCl)c5c4cc(OC(=O)N4CCN(C)CC4)c4[nH]c(C)c(C(=O)OC)c54)cc3c2)cc1)C(C)C. The smallest absolute Gasteiger partial charge is 0.415 e. The molecule has 1 saturated heterocycles. The number of methoxy groups -OCH3 is 2. The fraction of sp³-hybridized carbons (Fsp3) is 0.478. The van der Waals surface area contributed by atoms with E-state index in [-0.39, 0.29) is 104 Å². The first-order valence-electron chi connectivity index (χ1n) is 32.3. The first-order chi connectivity index (χ1) is 47.0. The van der Waals surface area contributed by atoms with E-state index in [0.29, 0.717) is 116 Å². The van der Waals surface area contributed by atoms with Crippen molar-refractivity contribution in [1.82, 2.24) is 41.0 Å². The van der Waals surface area contributed by atoms with Crippen molar-refractivity contribution in [3.63, 3.8) is 0 Å². The Bertz CT molecular complexity index is 3680. The maximum atomic E-state index is 14.5. The number of benzene rings is 3. The Kier molecular flexibility index (Phi) is 28.9. The molecule has 9 N–H and O–H groups in total. The molecule has 3 aliphatic heterocycles. The molecular weight excluding hydrogens is 1300 g/mol. The number of H-pyrrole nitrogens is 1. The van der Waals surface area contributed by atoms with Crippen LogP contribution in [0.1, 0.15) is 101 Å². The summed E-state index contributed by atoms with van der Waals surface area (Å²) in [7, 11) is 4.70. The van der Waals surface area contributed by atoms with Crippen LogP contribution in [0.25, 0.3) is 21.9 Å². The molecule has 11 amide bonds. The molecule has 0 unspecified atom stereocenters. The molecule has 0 saturated carbocycles. The molecule has 3 aliphatic rings. The number of hydrogen-bond donors (Lipinski definition) is 8. The van der Waals surface area contributed by atoms with Crippen molar-refractivity contribution in [1.29, 1.82) is 0 Å². The third kappa shape index (κ3) is 21.0. The number of fused-ring (bicyclic) bond motifs is 4. The molecule has 3 atom stereocenters. The maximum Gasteiger partial charge on any atom is 0.415 e. The van der Waals surface area contributed by atoms with E-state index in [4.69, 9.17) is 50.2 Å². The number of aromatic amines is 1. The molecule has 0 radical (unpaired) electrons. The highest BCUT2D eigenvalue weighted by molar-refractivity contribution is 6.20. The number of likely N-dealkylation sites (N-methyl/N-ethyl adjacent to an activating group) is 1. The molecule has 1 fully saturated rings. The zero-order valence-electron chi connectivity index (χ0n) is 56.1. The van der Waals surface area contributed by atoms with Crippen molar-refractivity contribution in [2.45, 2.75) is 77.8 Å². The standard InChI is InChI=1S/C51H61ClN10O12.C16H26N2O6/c1-27(2)43(59-39(63)15-21-71-5)47(66)58-34(8-7-16-54-50(53)69)46(65)56-32-11-9-29(10-12-32)45(64)57-33-13-14-36-30(22-33)23-38(73-36)48(67)62-26-31(25-52)41-35(62)24-37(74-51(70)61-19-17-60(4)18-20-61)44-42(41)40(28(3)55-44)49(68)72-6;1-2-8-22-10-12-24-13-11-23-9-6-17-14(19)5-7-18-15(20)3-4-16(18)21/h9-14,22-24,27,31,34,43,55H,7-8,15-21,25-26H2,1-6H3,(H,56,65)(H,57,64)(H,58,66)(H,59,63)(H3,53,54,69);3-4H,2,5-13H2,1H3,(H,17,19)/t31-,34+,43+;/m1./s1. The molecule has 3 aromatic carbocycles. The average Bonchev–Trinajstić information content (AvgIpc) is 1.56. The number of urea groups is 1. The van der Waals surface area contributed by atoms with Gasteiger partial charge in [-0.1, -0.05) is 20.8 Å². The number of halogens is 1. The van der Waals surface area contributed by atoms with Gasteiger partial charge in [-0.2, -0.15) is 0 Å². The van der Waals surface area contributed by atoms with Crippen LogP contribution in [0.2, 0.25) is 0 Å². The average molecular weight is 1380 g/mol. The number of rotatable bonds is 33. The van der Waals surface area contributed by atoms with E-state index in [2.05, 4.69) is 48.7 Å². The molecule has 2 aromatic heterocycles. The molecule has 8 rings (SSSR count). The van der Waals surface area contributed by atoms with Crippen LogP contribution in [-0.2, 0) is 52.5 Å². The van der Waals surface area contributed by atoms with Gasteiger partial charge in [0, 0.05) is 142 Å². The lowest BCUT2D eigenvalue weighted by Gasteiger charge is -2.31. The van der Waals surface area contributed by atoms with E-state index in [1.807, 2.05) is 7.05 Å². The molecular formula is C67H87ClN12O18. The Morgan fingerprint density at radius 2 is 1.44 bits per heavy atom. The van der Waals surface area contributed by atoms with Crippen molar-refractivity contribution in [3.05, 3.63) is 94.9 Å². The topological polar surface area (TPSA) is 383 Å². The van der Waals surface area contributed by atoms with Crippen LogP contribution in [0, 0.1) is 12.8 Å². The molecule has 0 bridgehead atoms. The minimum Gasteiger partial charge on any atom is -0.465 e. The summed E-state index contributed by atoms with van der Waals surface area (Å²) in [6.45, 7) is 13.6. The second kappa shape index (κ2) is 37.3. The number of esters is 1. The number of nitrogens with one attached hydrogen (secondary N) is 7. The fourth-order valence-corrected chi connectivity index (χ4v) is 11.1. The van der Waals surface area contributed by atoms with Gasteiger partial charge in [-0.25, -0.2) is 14.4 Å². The summed E-state index contributed by atoms with van der Waals surface area (Å²) in [5, 5.41) is 17.1. The number of anilines is 3. The Labute approximate surface area is 571 Å². The molecule has 5 heterocycles. The summed E-state index contributed by atoms with van der Waals surface area (Å²) in [4.78, 5) is 149. The number of amides is 11. The molecule has 31 heteroatoms. The summed E-state index contributed by atoms with van der Waals surface area (Å²) in [6, 6.07) is 11.3. The number of nitrogens with zero attached hydrogens (tertiary/aromatic N) is 4. The van der Waals surface area contributed by atoms with E-state index in [9.17, 15) is 52.7 Å². The van der Waals surface area contributed by atoms with Gasteiger partial charge in [-0.05, 0) is 93.2 Å². The van der Waals surface area contributed by atoms with E-state index in [1.54, 1.807) is 56.0 Å². The number of piperazine rings is 1. The number of alkyl halides is 1. The van der Waals surface area contributed by atoms with Gasteiger partial charge in [0.15, 0.2) is 11.5 Å². The van der Waals surface area contributed by atoms with Crippen LogP contribution in [0.5, 0.6) is 5.75 Å². The van der Waals surface area contributed by atoms with E-state index < -0.39 is 65.6 Å². The van der Waals surface area contributed by atoms with E-state index in [0.717, 1.165) is 17.9 Å². The predicted molar refractivity (Wildman–Crippen MR) is 362 cm³/mol. The van der Waals surface area contributed by atoms with Crippen LogP contribution in [0.3, 0.4) is 0 Å². The number of hydrogen-bond acceptors (Lipinski definition) is 19. The Morgan fingerprint density at radius 1 is 0.765 bits per heavy atom. The molecule has 0 aliphatic carbocycles. The molecule has 98 heavy (non-hydrogen) atoms. The summed E-state index contributed by atoms with van der Waals surface area (Å²) >= 11 is 6.58. The van der Waals surface area contributed by atoms with E-state index in [1.165, 1.54) is 55.5 Å². The lowest BCUT2D eigenvalue weighted by Crippen LogP contribution is -2.54. The lowest BCUT2D eigenvalue weighted by molar-refractivity contribution is -0.137.